The summed E-state index contributed by atoms with van der Waals surface area (Å²) in [5.74, 6) is 0.0893. The lowest BCUT2D eigenvalue weighted by atomic mass is 10.0. The lowest BCUT2D eigenvalue weighted by molar-refractivity contribution is -0.122. The largest absolute Gasteiger partial charge is 0.408 e. The number of anilines is 1. The van der Waals surface area contributed by atoms with E-state index in [0.717, 1.165) is 0 Å². The quantitative estimate of drug-likeness (QED) is 0.840. The van der Waals surface area contributed by atoms with E-state index in [1.54, 1.807) is 0 Å². The van der Waals surface area contributed by atoms with E-state index in [9.17, 15) is 4.79 Å². The van der Waals surface area contributed by atoms with Crippen LogP contribution in [0.1, 0.15) is 35.1 Å². The number of nitrogens with zero attached hydrogens (tertiary/aromatic N) is 2. The molecule has 0 bridgehead atoms. The summed E-state index contributed by atoms with van der Waals surface area (Å²) in [6, 6.07) is 0.604. The molecule has 1 aliphatic rings. The fourth-order valence-electron chi connectivity index (χ4n) is 2.40. The van der Waals surface area contributed by atoms with E-state index in [0.29, 0.717) is 0 Å². The van der Waals surface area contributed by atoms with Crippen LogP contribution in [-0.2, 0) is 9.16 Å². The van der Waals surface area contributed by atoms with Crippen LogP contribution in [0, 0.1) is 0 Å². The van der Waals surface area contributed by atoms with Crippen molar-refractivity contribution in [3.05, 3.63) is 22.7 Å². The molecule has 1 aliphatic heterocycles. The molecule has 1 aromatic heterocycles. The number of ether oxygens (including phenoxy) is 1. The molecule has 1 aromatic rings. The second-order valence-corrected chi connectivity index (χ2v) is 12.5. The highest BCUT2D eigenvalue weighted by molar-refractivity contribution is 6.74. The molecule has 0 aromatic carbocycles. The molecule has 2 N–H and O–H groups in total. The Hall–Kier alpha value is -1.25. The van der Waals surface area contributed by atoms with Crippen molar-refractivity contribution in [2.45, 2.75) is 70.2 Å². The summed E-state index contributed by atoms with van der Waals surface area (Å²) in [5, 5.41) is -0.105. The molecule has 6 nitrogen and oxygen atoms in total. The van der Waals surface area contributed by atoms with Crippen molar-refractivity contribution in [1.29, 1.82) is 0 Å². The van der Waals surface area contributed by atoms with Crippen LogP contribution in [-0.4, -0.2) is 42.9 Å². The van der Waals surface area contributed by atoms with Gasteiger partial charge in [-0.3, -0.25) is 4.57 Å². The van der Waals surface area contributed by atoms with Crippen molar-refractivity contribution in [2.24, 2.45) is 0 Å². The highest BCUT2D eigenvalue weighted by atomic mass is 28.4. The summed E-state index contributed by atoms with van der Waals surface area (Å²) in [4.78, 5) is 15.7. The van der Waals surface area contributed by atoms with Gasteiger partial charge in [0.1, 0.15) is 11.9 Å². The number of hydrogen-bond donors (Lipinski definition) is 1. The van der Waals surface area contributed by atoms with Crippen LogP contribution in [0.3, 0.4) is 0 Å². The van der Waals surface area contributed by atoms with E-state index in [1.807, 2.05) is 13.1 Å². The molecular weight excluding hydrogens is 329 g/mol. The van der Waals surface area contributed by atoms with Crippen LogP contribution in [0.5, 0.6) is 0 Å². The van der Waals surface area contributed by atoms with Crippen molar-refractivity contribution < 1.29 is 14.9 Å². The topological polar surface area (TPSA) is 79.4 Å². The van der Waals surface area contributed by atoms with Crippen molar-refractivity contribution >= 4 is 14.1 Å². The third kappa shape index (κ3) is 3.70. The highest BCUT2D eigenvalue weighted by Crippen LogP contribution is 2.40. The summed E-state index contributed by atoms with van der Waals surface area (Å²) in [6.07, 6.45) is -1.59. The number of rotatable bonds is 3. The standard InChI is InChI=1S/C16H28FN3O3Si/c1-10-14(23-24(5,6)16(2,3)4)13(17)11(9-22-10)20-8-7-12(18)19-15(20)21/h7-8,10-11,13-14H,9H2,1-6H3,(H2,18,19,21)/i1D. The van der Waals surface area contributed by atoms with Crippen molar-refractivity contribution in [3.8, 4) is 0 Å². The first-order chi connectivity index (χ1) is 11.5. The molecule has 1 fully saturated rings. The van der Waals surface area contributed by atoms with Gasteiger partial charge in [-0.25, -0.2) is 9.18 Å². The monoisotopic (exact) mass is 358 g/mol. The maximum atomic E-state index is 15.3. The van der Waals surface area contributed by atoms with Gasteiger partial charge >= 0.3 is 5.69 Å². The van der Waals surface area contributed by atoms with Gasteiger partial charge in [0.2, 0.25) is 0 Å². The Labute approximate surface area is 144 Å². The molecule has 2 rings (SSSR count). The summed E-state index contributed by atoms with van der Waals surface area (Å²) >= 11 is 0. The van der Waals surface area contributed by atoms with E-state index in [2.05, 4.69) is 25.8 Å². The number of alkyl halides is 1. The summed E-state index contributed by atoms with van der Waals surface area (Å²) in [5.41, 5.74) is 4.88. The Morgan fingerprint density at radius 3 is 2.75 bits per heavy atom. The molecule has 1 saturated heterocycles. The van der Waals surface area contributed by atoms with E-state index in [1.165, 1.54) is 16.8 Å². The van der Waals surface area contributed by atoms with Crippen LogP contribution in [0.25, 0.3) is 0 Å². The molecule has 0 aliphatic carbocycles. The zero-order chi connectivity index (χ0) is 19.0. The van der Waals surface area contributed by atoms with E-state index in [4.69, 9.17) is 16.3 Å². The zero-order valence-electron chi connectivity index (χ0n) is 16.0. The van der Waals surface area contributed by atoms with Crippen LogP contribution in [0.15, 0.2) is 17.1 Å². The molecule has 2 heterocycles. The van der Waals surface area contributed by atoms with E-state index >= 15 is 4.39 Å². The Morgan fingerprint density at radius 1 is 1.54 bits per heavy atom. The fourth-order valence-corrected chi connectivity index (χ4v) is 3.72. The minimum absolute atomic E-state index is 0.00637. The number of nitrogen functional groups attached to an aromatic ring is 1. The normalized spacial score (nSPS) is 29.3. The van der Waals surface area contributed by atoms with Gasteiger partial charge in [-0.2, -0.15) is 4.98 Å². The fraction of sp³-hybridized carbons (Fsp3) is 0.750. The molecule has 136 valence electrons. The Bertz CT molecular complexity index is 665. The van der Waals surface area contributed by atoms with Crippen molar-refractivity contribution in [2.75, 3.05) is 12.3 Å². The van der Waals surface area contributed by atoms with Crippen LogP contribution >= 0.6 is 0 Å². The lowest BCUT2D eigenvalue weighted by Gasteiger charge is -2.45. The second-order valence-electron chi connectivity index (χ2n) is 7.77. The van der Waals surface area contributed by atoms with Gasteiger partial charge in [-0.15, -0.1) is 0 Å². The van der Waals surface area contributed by atoms with Crippen LogP contribution in [0.2, 0.25) is 18.1 Å². The van der Waals surface area contributed by atoms with Crippen molar-refractivity contribution in [3.63, 3.8) is 0 Å². The average molecular weight is 359 g/mol. The molecule has 0 radical (unpaired) electrons. The third-order valence-corrected chi connectivity index (χ3v) is 9.45. The molecule has 4 atom stereocenters. The van der Waals surface area contributed by atoms with Gasteiger partial charge in [0.25, 0.3) is 0 Å². The first kappa shape index (κ1) is 17.6. The maximum absolute atomic E-state index is 15.3. The minimum Gasteiger partial charge on any atom is -0.408 e. The van der Waals surface area contributed by atoms with E-state index < -0.39 is 38.4 Å². The van der Waals surface area contributed by atoms with Crippen LogP contribution in [0.4, 0.5) is 10.2 Å². The molecule has 0 amide bonds. The summed E-state index contributed by atoms with van der Waals surface area (Å²) < 4.78 is 36.1. The maximum Gasteiger partial charge on any atom is 0.349 e. The number of aromatic nitrogens is 2. The minimum atomic E-state index is -2.27. The molecule has 0 spiro atoms. The molecule has 0 saturated carbocycles. The molecule has 24 heavy (non-hydrogen) atoms. The smallest absolute Gasteiger partial charge is 0.349 e. The van der Waals surface area contributed by atoms with Gasteiger partial charge in [0.15, 0.2) is 14.5 Å². The Morgan fingerprint density at radius 2 is 2.21 bits per heavy atom. The Balaban J connectivity index is 2.32. The highest BCUT2D eigenvalue weighted by Gasteiger charge is 2.47. The van der Waals surface area contributed by atoms with Gasteiger partial charge in [0, 0.05) is 7.57 Å². The van der Waals surface area contributed by atoms with Crippen LogP contribution < -0.4 is 11.4 Å². The zero-order valence-corrected chi connectivity index (χ0v) is 16.0. The predicted octanol–water partition coefficient (Wildman–Crippen LogP) is 2.51. The van der Waals surface area contributed by atoms with E-state index in [-0.39, 0.29) is 24.4 Å². The van der Waals surface area contributed by atoms with Gasteiger partial charge < -0.3 is 14.9 Å². The lowest BCUT2D eigenvalue weighted by Crippen LogP contribution is -2.56. The van der Waals surface area contributed by atoms with Gasteiger partial charge in [-0.05, 0) is 31.1 Å². The Kier molecular flexibility index (Phi) is 4.81. The summed E-state index contributed by atoms with van der Waals surface area (Å²) in [6.45, 7) is 10.2. The number of hydrogen-bond acceptors (Lipinski definition) is 5. The first-order valence-corrected chi connectivity index (χ1v) is 11.0. The number of halogens is 1. The molecule has 4 unspecified atom stereocenters. The predicted molar refractivity (Wildman–Crippen MR) is 94.3 cm³/mol. The average Bonchev–Trinajstić information content (AvgIpc) is 2.49. The third-order valence-electron chi connectivity index (χ3n) is 4.97. The second kappa shape index (κ2) is 6.57. The molecule has 8 heteroatoms. The van der Waals surface area contributed by atoms with Crippen molar-refractivity contribution in [1.82, 2.24) is 9.55 Å². The van der Waals surface area contributed by atoms with Gasteiger partial charge in [0.05, 0.1) is 18.8 Å². The summed E-state index contributed by atoms with van der Waals surface area (Å²) in [7, 11) is -2.27. The molecular formula is C16H28FN3O3Si. The van der Waals surface area contributed by atoms with Gasteiger partial charge in [-0.1, -0.05) is 20.8 Å². The SMILES string of the molecule is [2H]CC1OCC(n2ccc(N)nc2=O)C(F)C1O[Si](C)(C)C(C)(C)C. The first-order valence-electron chi connectivity index (χ1n) is 8.76. The number of nitrogens with two attached hydrogens (primary N) is 1.